The summed E-state index contributed by atoms with van der Waals surface area (Å²) in [6, 6.07) is 8.89. The highest BCUT2D eigenvalue weighted by atomic mass is 16.2. The standard InChI is InChI=1S/C17H17N5O/c1-11-7-12(2)22-15(20-11)17(3,10-19-22)16(23)21-14-6-4-5-13(8-14)9-18/h4-8,10,15H,1-3H3,(H,21,23). The third-order valence-electron chi connectivity index (χ3n) is 4.06. The number of amides is 1. The van der Waals surface area contributed by atoms with Crippen LogP contribution in [0.3, 0.4) is 0 Å². The molecule has 116 valence electrons. The Bertz CT molecular complexity index is 801. The lowest BCUT2D eigenvalue weighted by atomic mass is 9.87. The van der Waals surface area contributed by atoms with Gasteiger partial charge in [0, 0.05) is 23.3 Å². The fourth-order valence-corrected chi connectivity index (χ4v) is 2.75. The van der Waals surface area contributed by atoms with Crippen LogP contribution in [0.25, 0.3) is 0 Å². The Kier molecular flexibility index (Phi) is 3.49. The van der Waals surface area contributed by atoms with E-state index in [1.165, 1.54) is 0 Å². The van der Waals surface area contributed by atoms with Gasteiger partial charge in [-0.3, -0.25) is 9.79 Å². The second kappa shape index (κ2) is 5.36. The molecule has 0 aromatic heterocycles. The number of nitrogens with one attached hydrogen (secondary N) is 1. The molecule has 6 heteroatoms. The molecule has 2 unspecified atom stereocenters. The number of hydrogen-bond acceptors (Lipinski definition) is 5. The fraction of sp³-hybridized carbons (Fsp3) is 0.294. The van der Waals surface area contributed by atoms with Crippen LogP contribution in [0.5, 0.6) is 0 Å². The van der Waals surface area contributed by atoms with Gasteiger partial charge in [0.1, 0.15) is 5.41 Å². The van der Waals surface area contributed by atoms with Crippen molar-refractivity contribution in [2.24, 2.45) is 15.5 Å². The molecule has 0 saturated carbocycles. The zero-order valence-corrected chi connectivity index (χ0v) is 13.2. The highest BCUT2D eigenvalue weighted by molar-refractivity contribution is 6.07. The maximum Gasteiger partial charge on any atom is 0.239 e. The van der Waals surface area contributed by atoms with Gasteiger partial charge in [0.15, 0.2) is 6.17 Å². The van der Waals surface area contributed by atoms with Gasteiger partial charge in [-0.25, -0.2) is 5.01 Å². The van der Waals surface area contributed by atoms with E-state index in [-0.39, 0.29) is 12.1 Å². The topological polar surface area (TPSA) is 80.8 Å². The van der Waals surface area contributed by atoms with E-state index < -0.39 is 5.41 Å². The Morgan fingerprint density at radius 3 is 2.96 bits per heavy atom. The molecule has 1 amide bonds. The SMILES string of the molecule is CC1=CC(C)=NC2N1N=CC2(C)C(=O)Nc1cccc(C#N)c1. The van der Waals surface area contributed by atoms with Crippen LogP contribution in [0.15, 0.2) is 46.1 Å². The number of carbonyl (C=O) groups excluding carboxylic acids is 1. The smallest absolute Gasteiger partial charge is 0.239 e. The summed E-state index contributed by atoms with van der Waals surface area (Å²) in [6.07, 6.45) is 3.20. The van der Waals surface area contributed by atoms with Crippen LogP contribution in [0.4, 0.5) is 5.69 Å². The number of hydrogen-bond donors (Lipinski definition) is 1. The first-order valence-corrected chi connectivity index (χ1v) is 7.33. The van der Waals surface area contributed by atoms with Crippen molar-refractivity contribution in [1.82, 2.24) is 5.01 Å². The van der Waals surface area contributed by atoms with E-state index >= 15 is 0 Å². The Hall–Kier alpha value is -2.94. The molecule has 6 nitrogen and oxygen atoms in total. The third kappa shape index (κ3) is 2.50. The van der Waals surface area contributed by atoms with Gasteiger partial charge in [0.2, 0.25) is 5.91 Å². The summed E-state index contributed by atoms with van der Waals surface area (Å²) in [5.41, 5.74) is 2.05. The average Bonchev–Trinajstić information content (AvgIpc) is 2.86. The summed E-state index contributed by atoms with van der Waals surface area (Å²) in [6.45, 7) is 5.68. The Labute approximate surface area is 134 Å². The highest BCUT2D eigenvalue weighted by Gasteiger charge is 2.49. The summed E-state index contributed by atoms with van der Waals surface area (Å²) in [4.78, 5) is 17.4. The normalized spacial score (nSPS) is 25.3. The number of rotatable bonds is 2. The van der Waals surface area contributed by atoms with Crippen molar-refractivity contribution in [3.63, 3.8) is 0 Å². The Morgan fingerprint density at radius 1 is 1.43 bits per heavy atom. The van der Waals surface area contributed by atoms with Crippen LogP contribution in [-0.2, 0) is 4.79 Å². The Balaban J connectivity index is 1.86. The fourth-order valence-electron chi connectivity index (χ4n) is 2.75. The lowest BCUT2D eigenvalue weighted by Crippen LogP contribution is -2.47. The lowest BCUT2D eigenvalue weighted by molar-refractivity contribution is -0.123. The van der Waals surface area contributed by atoms with Crippen molar-refractivity contribution >= 4 is 23.5 Å². The molecule has 2 heterocycles. The average molecular weight is 307 g/mol. The predicted octanol–water partition coefficient (Wildman–Crippen LogP) is 2.51. The molecule has 0 bridgehead atoms. The molecule has 2 atom stereocenters. The molecular formula is C17H17N5O. The van der Waals surface area contributed by atoms with E-state index in [0.717, 1.165) is 11.4 Å². The summed E-state index contributed by atoms with van der Waals surface area (Å²) < 4.78 is 0. The van der Waals surface area contributed by atoms with Gasteiger partial charge in [-0.15, -0.1) is 0 Å². The molecule has 2 aliphatic heterocycles. The number of nitrogens with zero attached hydrogens (tertiary/aromatic N) is 4. The van der Waals surface area contributed by atoms with Crippen LogP contribution in [0.2, 0.25) is 0 Å². The maximum atomic E-state index is 12.8. The van der Waals surface area contributed by atoms with Crippen LogP contribution >= 0.6 is 0 Å². The monoisotopic (exact) mass is 307 g/mol. The van der Waals surface area contributed by atoms with E-state index in [1.807, 2.05) is 26.8 Å². The van der Waals surface area contributed by atoms with E-state index in [1.54, 1.807) is 35.5 Å². The molecule has 0 fully saturated rings. The number of nitriles is 1. The minimum atomic E-state index is -0.876. The van der Waals surface area contributed by atoms with Crippen LogP contribution in [0, 0.1) is 16.7 Å². The minimum absolute atomic E-state index is 0.199. The van der Waals surface area contributed by atoms with Gasteiger partial charge in [-0.2, -0.15) is 10.4 Å². The molecule has 1 aromatic rings. The van der Waals surface area contributed by atoms with Crippen molar-refractivity contribution in [1.29, 1.82) is 5.26 Å². The van der Waals surface area contributed by atoms with Crippen LogP contribution < -0.4 is 5.32 Å². The number of hydrazone groups is 1. The van der Waals surface area contributed by atoms with Gasteiger partial charge in [0.25, 0.3) is 0 Å². The number of benzene rings is 1. The van der Waals surface area contributed by atoms with Crippen molar-refractivity contribution in [2.75, 3.05) is 5.32 Å². The first kappa shape index (κ1) is 15.0. The minimum Gasteiger partial charge on any atom is -0.325 e. The van der Waals surface area contributed by atoms with Crippen LogP contribution in [0.1, 0.15) is 26.3 Å². The van der Waals surface area contributed by atoms with Crippen molar-refractivity contribution in [2.45, 2.75) is 26.9 Å². The van der Waals surface area contributed by atoms with Crippen molar-refractivity contribution < 1.29 is 4.79 Å². The number of fused-ring (bicyclic) bond motifs is 1. The van der Waals surface area contributed by atoms with Crippen molar-refractivity contribution in [3.8, 4) is 6.07 Å². The molecule has 1 aromatic carbocycles. The largest absolute Gasteiger partial charge is 0.325 e. The first-order valence-electron chi connectivity index (χ1n) is 7.33. The summed E-state index contributed by atoms with van der Waals surface area (Å²) in [5.74, 6) is -0.199. The zero-order chi connectivity index (χ0) is 16.6. The van der Waals surface area contributed by atoms with Gasteiger partial charge in [0.05, 0.1) is 11.6 Å². The molecule has 3 rings (SSSR count). The van der Waals surface area contributed by atoms with E-state index in [2.05, 4.69) is 21.5 Å². The van der Waals surface area contributed by atoms with Gasteiger partial charge >= 0.3 is 0 Å². The van der Waals surface area contributed by atoms with E-state index in [0.29, 0.717) is 11.3 Å². The number of anilines is 1. The van der Waals surface area contributed by atoms with Gasteiger partial charge in [-0.05, 0) is 45.0 Å². The highest BCUT2D eigenvalue weighted by Crippen LogP contribution is 2.36. The third-order valence-corrected chi connectivity index (χ3v) is 4.06. The molecule has 0 spiro atoms. The molecule has 2 aliphatic rings. The lowest BCUT2D eigenvalue weighted by Gasteiger charge is -2.33. The quantitative estimate of drug-likeness (QED) is 0.911. The first-order chi connectivity index (χ1) is 10.9. The Morgan fingerprint density at radius 2 is 2.22 bits per heavy atom. The molecule has 0 radical (unpaired) electrons. The van der Waals surface area contributed by atoms with Gasteiger partial charge in [-0.1, -0.05) is 6.07 Å². The number of carbonyl (C=O) groups is 1. The summed E-state index contributed by atoms with van der Waals surface area (Å²) in [7, 11) is 0. The molecular weight excluding hydrogens is 290 g/mol. The second-order valence-electron chi connectivity index (χ2n) is 5.95. The summed E-state index contributed by atoms with van der Waals surface area (Å²) in [5, 5.41) is 17.9. The second-order valence-corrected chi connectivity index (χ2v) is 5.95. The maximum absolute atomic E-state index is 12.8. The number of allylic oxidation sites excluding steroid dienone is 2. The summed E-state index contributed by atoms with van der Waals surface area (Å²) >= 11 is 0. The molecule has 0 saturated heterocycles. The van der Waals surface area contributed by atoms with E-state index in [9.17, 15) is 4.79 Å². The van der Waals surface area contributed by atoms with Gasteiger partial charge < -0.3 is 5.32 Å². The van der Waals surface area contributed by atoms with Crippen LogP contribution in [-0.4, -0.2) is 29.0 Å². The number of aliphatic imine (C=N–C) groups is 1. The molecule has 23 heavy (non-hydrogen) atoms. The molecule has 1 N–H and O–H groups in total. The van der Waals surface area contributed by atoms with Crippen molar-refractivity contribution in [3.05, 3.63) is 41.6 Å². The predicted molar refractivity (Wildman–Crippen MR) is 88.9 cm³/mol. The zero-order valence-electron chi connectivity index (χ0n) is 13.2. The molecule has 0 aliphatic carbocycles. The van der Waals surface area contributed by atoms with E-state index in [4.69, 9.17) is 5.26 Å².